The van der Waals surface area contributed by atoms with Crippen LogP contribution in [0.3, 0.4) is 0 Å². The van der Waals surface area contributed by atoms with Gasteiger partial charge in [-0.2, -0.15) is 5.10 Å². The number of halogens is 6. The molecule has 14 heteroatoms. The molecule has 1 aromatic heterocycles. The average molecular weight is 658 g/mol. The molecule has 0 aliphatic heterocycles. The van der Waals surface area contributed by atoms with Crippen LogP contribution in [0.2, 0.25) is 0 Å². The number of alkyl halides is 6. The third-order valence-corrected chi connectivity index (χ3v) is 7.09. The number of carbonyl (C=O) groups is 2. The van der Waals surface area contributed by atoms with E-state index in [-0.39, 0.29) is 18.7 Å². The summed E-state index contributed by atoms with van der Waals surface area (Å²) in [6.45, 7) is 1.79. The third-order valence-electron chi connectivity index (χ3n) is 7.09. The summed E-state index contributed by atoms with van der Waals surface area (Å²) < 4.78 is 86.7. The second-order valence-electron chi connectivity index (χ2n) is 10.4. The van der Waals surface area contributed by atoms with Gasteiger partial charge in [-0.15, -0.1) is 26.3 Å². The number of hydrogen-bond acceptors (Lipinski definition) is 5. The maximum Gasteiger partial charge on any atom is 0.573 e. The lowest BCUT2D eigenvalue weighted by molar-refractivity contribution is -0.275. The van der Waals surface area contributed by atoms with Gasteiger partial charge in [0.2, 0.25) is 0 Å². The number of carboxylic acid groups (broad SMARTS) is 1. The van der Waals surface area contributed by atoms with Crippen LogP contribution in [0.1, 0.15) is 35.3 Å². The number of fused-ring (bicyclic) bond motifs is 1. The molecule has 0 saturated heterocycles. The van der Waals surface area contributed by atoms with E-state index in [0.29, 0.717) is 44.4 Å². The number of carbonyl (C=O) groups excluding carboxylic acids is 1. The van der Waals surface area contributed by atoms with Crippen LogP contribution in [0.5, 0.6) is 11.5 Å². The monoisotopic (exact) mass is 657 g/mol. The Morgan fingerprint density at radius 2 is 1.45 bits per heavy atom. The topological polar surface area (TPSA) is 103 Å². The van der Waals surface area contributed by atoms with E-state index in [1.807, 2.05) is 6.92 Å². The number of ether oxygens (including phenoxy) is 2. The van der Waals surface area contributed by atoms with Gasteiger partial charge >= 0.3 is 18.7 Å². The highest BCUT2D eigenvalue weighted by Gasteiger charge is 2.32. The van der Waals surface area contributed by atoms with E-state index in [4.69, 9.17) is 10.2 Å². The van der Waals surface area contributed by atoms with Gasteiger partial charge in [0.1, 0.15) is 11.5 Å². The molecule has 244 valence electrons. The van der Waals surface area contributed by atoms with E-state index in [2.05, 4.69) is 14.8 Å². The van der Waals surface area contributed by atoms with Gasteiger partial charge in [-0.3, -0.25) is 14.3 Å². The molecular formula is C33H25F6N3O5. The molecule has 0 fully saturated rings. The molecule has 1 heterocycles. The van der Waals surface area contributed by atoms with Crippen molar-refractivity contribution in [1.29, 1.82) is 0 Å². The van der Waals surface area contributed by atoms with E-state index < -0.39 is 36.4 Å². The number of aromatic nitrogens is 2. The molecule has 8 nitrogen and oxygen atoms in total. The van der Waals surface area contributed by atoms with Gasteiger partial charge in [0, 0.05) is 23.2 Å². The van der Waals surface area contributed by atoms with Crippen molar-refractivity contribution in [2.75, 3.05) is 6.54 Å². The summed E-state index contributed by atoms with van der Waals surface area (Å²) in [4.78, 5) is 23.2. The summed E-state index contributed by atoms with van der Waals surface area (Å²) in [6.07, 6.45) is -9.97. The van der Waals surface area contributed by atoms with E-state index in [1.165, 1.54) is 30.3 Å². The summed E-state index contributed by atoms with van der Waals surface area (Å²) in [5, 5.41) is 17.1. The summed E-state index contributed by atoms with van der Waals surface area (Å²) >= 11 is 0. The molecule has 1 amide bonds. The van der Waals surface area contributed by atoms with Gasteiger partial charge in [0.15, 0.2) is 0 Å². The van der Waals surface area contributed by atoms with Crippen LogP contribution in [0.4, 0.5) is 26.3 Å². The van der Waals surface area contributed by atoms with Crippen molar-refractivity contribution in [3.8, 4) is 34.0 Å². The zero-order valence-electron chi connectivity index (χ0n) is 24.4. The van der Waals surface area contributed by atoms with Crippen LogP contribution in [-0.2, 0) is 4.79 Å². The first-order valence-corrected chi connectivity index (χ1v) is 14.0. The van der Waals surface area contributed by atoms with Crippen LogP contribution in [0.15, 0.2) is 91.0 Å². The maximum atomic E-state index is 12.9. The molecule has 0 spiro atoms. The van der Waals surface area contributed by atoms with Crippen LogP contribution in [0.25, 0.3) is 33.3 Å². The molecule has 5 rings (SSSR count). The standard InChI is InChI=1S/C33H25F6N3O5/c1-19(20-5-7-21(8-6-20)31(45)40-14-13-30(43)44)42-29(18-28(41-42)24-3-2-4-26(17-24)46-32(34,35)36)25-10-9-23-16-27(47-33(37,38)39)12-11-22(23)15-25/h2-12,15-19H,13-14H2,1H3,(H,40,45)(H,43,44)/t19-/m0/s1. The second kappa shape index (κ2) is 13.1. The van der Waals surface area contributed by atoms with Crippen molar-refractivity contribution in [3.05, 3.63) is 102 Å². The van der Waals surface area contributed by atoms with Crippen molar-refractivity contribution < 1.29 is 50.5 Å². The third kappa shape index (κ3) is 8.39. The Morgan fingerprint density at radius 1 is 0.809 bits per heavy atom. The number of rotatable bonds is 10. The number of carboxylic acids is 1. The van der Waals surface area contributed by atoms with Gasteiger partial charge in [0.05, 0.1) is 23.9 Å². The van der Waals surface area contributed by atoms with Crippen molar-refractivity contribution in [2.45, 2.75) is 32.1 Å². The highest BCUT2D eigenvalue weighted by molar-refractivity contribution is 5.94. The van der Waals surface area contributed by atoms with E-state index in [9.17, 15) is 35.9 Å². The summed E-state index contributed by atoms with van der Waals surface area (Å²) in [5.41, 5.74) is 2.84. The van der Waals surface area contributed by atoms with Crippen molar-refractivity contribution in [2.24, 2.45) is 0 Å². The Balaban J connectivity index is 1.52. The largest absolute Gasteiger partial charge is 0.573 e. The van der Waals surface area contributed by atoms with E-state index >= 15 is 0 Å². The molecule has 4 aromatic carbocycles. The Morgan fingerprint density at radius 3 is 2.11 bits per heavy atom. The molecule has 1 atom stereocenters. The molecule has 2 N–H and O–H groups in total. The minimum Gasteiger partial charge on any atom is -0.481 e. The molecule has 0 radical (unpaired) electrons. The van der Waals surface area contributed by atoms with Gasteiger partial charge in [-0.25, -0.2) is 0 Å². The lowest BCUT2D eigenvalue weighted by Gasteiger charge is -2.17. The number of aliphatic carboxylic acids is 1. The highest BCUT2D eigenvalue weighted by Crippen LogP contribution is 2.35. The number of nitrogens with zero attached hydrogens (tertiary/aromatic N) is 2. The number of hydrogen-bond donors (Lipinski definition) is 2. The number of amides is 1. The molecule has 5 aromatic rings. The lowest BCUT2D eigenvalue weighted by Crippen LogP contribution is -2.26. The van der Waals surface area contributed by atoms with Crippen molar-refractivity contribution in [1.82, 2.24) is 15.1 Å². The SMILES string of the molecule is C[C@@H](c1ccc(C(=O)NCCC(=O)O)cc1)n1nc(-c2cccc(OC(F)(F)F)c2)cc1-c1ccc2cc(OC(F)(F)F)ccc2c1. The smallest absolute Gasteiger partial charge is 0.481 e. The fraction of sp³-hybridized carbons (Fsp3) is 0.182. The first kappa shape index (κ1) is 32.9. The van der Waals surface area contributed by atoms with Crippen molar-refractivity contribution in [3.63, 3.8) is 0 Å². The summed E-state index contributed by atoms with van der Waals surface area (Å²) in [6, 6.07) is 22.0. The van der Waals surface area contributed by atoms with Gasteiger partial charge in [-0.05, 0) is 71.8 Å². The molecule has 0 saturated carbocycles. The second-order valence-corrected chi connectivity index (χ2v) is 10.4. The first-order chi connectivity index (χ1) is 22.1. The Hall–Kier alpha value is -5.53. The number of benzene rings is 4. The summed E-state index contributed by atoms with van der Waals surface area (Å²) in [7, 11) is 0. The Labute approximate surface area is 263 Å². The highest BCUT2D eigenvalue weighted by atomic mass is 19.4. The molecule has 0 bridgehead atoms. The fourth-order valence-electron chi connectivity index (χ4n) is 4.92. The predicted octanol–water partition coefficient (Wildman–Crippen LogP) is 7.98. The molecule has 0 unspecified atom stereocenters. The average Bonchev–Trinajstić information content (AvgIpc) is 3.44. The normalized spacial score (nSPS) is 12.5. The molecular weight excluding hydrogens is 632 g/mol. The van der Waals surface area contributed by atoms with Crippen LogP contribution in [0, 0.1) is 0 Å². The van der Waals surface area contributed by atoms with E-state index in [0.717, 1.165) is 6.07 Å². The Bertz CT molecular complexity index is 1920. The fourth-order valence-corrected chi connectivity index (χ4v) is 4.92. The first-order valence-electron chi connectivity index (χ1n) is 14.0. The van der Waals surface area contributed by atoms with Gasteiger partial charge in [-0.1, -0.05) is 42.5 Å². The zero-order chi connectivity index (χ0) is 33.9. The Kier molecular flexibility index (Phi) is 9.13. The van der Waals surface area contributed by atoms with Gasteiger partial charge in [0.25, 0.3) is 5.91 Å². The van der Waals surface area contributed by atoms with Crippen LogP contribution in [-0.4, -0.2) is 46.0 Å². The van der Waals surface area contributed by atoms with E-state index in [1.54, 1.807) is 59.3 Å². The predicted molar refractivity (Wildman–Crippen MR) is 159 cm³/mol. The molecule has 47 heavy (non-hydrogen) atoms. The summed E-state index contributed by atoms with van der Waals surface area (Å²) in [5.74, 6) is -2.30. The minimum atomic E-state index is -4.90. The van der Waals surface area contributed by atoms with Crippen molar-refractivity contribution >= 4 is 22.6 Å². The quantitative estimate of drug-likeness (QED) is 0.148. The van der Waals surface area contributed by atoms with Crippen LogP contribution >= 0.6 is 0 Å². The van der Waals surface area contributed by atoms with Gasteiger partial charge < -0.3 is 19.9 Å². The zero-order valence-corrected chi connectivity index (χ0v) is 24.4. The number of nitrogens with one attached hydrogen (secondary N) is 1. The molecule has 0 aliphatic rings. The minimum absolute atomic E-state index is 0.0383. The molecule has 0 aliphatic carbocycles. The lowest BCUT2D eigenvalue weighted by atomic mass is 10.0. The van der Waals surface area contributed by atoms with Crippen LogP contribution < -0.4 is 14.8 Å². The maximum absolute atomic E-state index is 12.9.